The maximum atomic E-state index is 11.7. The average Bonchev–Trinajstić information content (AvgIpc) is 2.87. The Kier molecular flexibility index (Phi) is 12.6. The van der Waals surface area contributed by atoms with Gasteiger partial charge in [0, 0.05) is 23.9 Å². The van der Waals surface area contributed by atoms with E-state index in [4.69, 9.17) is 4.74 Å². The zero-order valence-corrected chi connectivity index (χ0v) is 22.0. The van der Waals surface area contributed by atoms with Crippen LogP contribution in [0.1, 0.15) is 46.9 Å². The molecule has 0 aliphatic carbocycles. The van der Waals surface area contributed by atoms with Crippen molar-refractivity contribution in [1.82, 2.24) is 20.4 Å². The van der Waals surface area contributed by atoms with Gasteiger partial charge in [-0.05, 0) is 83.1 Å². The molecule has 9 heteroatoms. The molecule has 3 aromatic rings. The Balaban J connectivity index is 0.000000271. The topological polar surface area (TPSA) is 114 Å². The quantitative estimate of drug-likeness (QED) is 0.359. The Bertz CT molecular complexity index is 1190. The molecular formula is C28H37N5O4. The fraction of sp³-hybridized carbons (Fsp3) is 0.357. The van der Waals surface area contributed by atoms with Crippen LogP contribution in [-0.4, -0.2) is 48.5 Å². The summed E-state index contributed by atoms with van der Waals surface area (Å²) in [6.07, 6.45) is 1.60. The van der Waals surface area contributed by atoms with Crippen molar-refractivity contribution < 1.29 is 14.3 Å². The van der Waals surface area contributed by atoms with Crippen LogP contribution in [0.4, 0.5) is 10.5 Å². The largest absolute Gasteiger partial charge is 0.450 e. The van der Waals surface area contributed by atoms with Gasteiger partial charge in [-0.2, -0.15) is 5.10 Å². The van der Waals surface area contributed by atoms with Gasteiger partial charge in [-0.25, -0.2) is 9.48 Å². The van der Waals surface area contributed by atoms with E-state index in [1.807, 2.05) is 51.2 Å². The molecule has 1 aromatic heterocycles. The fourth-order valence-corrected chi connectivity index (χ4v) is 3.31. The van der Waals surface area contributed by atoms with Gasteiger partial charge in [-0.1, -0.05) is 29.8 Å². The molecule has 0 radical (unpaired) electrons. The first kappa shape index (κ1) is 29.3. The Labute approximate surface area is 218 Å². The molecule has 3 rings (SSSR count). The van der Waals surface area contributed by atoms with Crippen molar-refractivity contribution in [2.45, 2.75) is 40.2 Å². The number of amides is 2. The van der Waals surface area contributed by atoms with Gasteiger partial charge in [-0.15, -0.1) is 0 Å². The molecule has 198 valence electrons. The van der Waals surface area contributed by atoms with Gasteiger partial charge in [0.05, 0.1) is 18.8 Å². The predicted octanol–water partition coefficient (Wildman–Crippen LogP) is 3.89. The zero-order valence-electron chi connectivity index (χ0n) is 22.0. The Morgan fingerprint density at radius 1 is 0.973 bits per heavy atom. The molecule has 0 fully saturated rings. The van der Waals surface area contributed by atoms with Crippen LogP contribution < -0.4 is 21.5 Å². The number of nitrogens with zero attached hydrogens (tertiary/aromatic N) is 2. The van der Waals surface area contributed by atoms with E-state index >= 15 is 0 Å². The van der Waals surface area contributed by atoms with Crippen molar-refractivity contribution in [3.05, 3.63) is 93.4 Å². The van der Waals surface area contributed by atoms with Crippen molar-refractivity contribution in [2.75, 3.05) is 32.1 Å². The number of ether oxygens (including phenoxy) is 1. The van der Waals surface area contributed by atoms with E-state index in [1.165, 1.54) is 16.3 Å². The monoisotopic (exact) mass is 507 g/mol. The highest BCUT2D eigenvalue weighted by Crippen LogP contribution is 2.11. The molecule has 37 heavy (non-hydrogen) atoms. The van der Waals surface area contributed by atoms with Gasteiger partial charge in [0.2, 0.25) is 0 Å². The van der Waals surface area contributed by atoms with E-state index in [0.29, 0.717) is 18.8 Å². The molecule has 9 nitrogen and oxygen atoms in total. The van der Waals surface area contributed by atoms with Gasteiger partial charge < -0.3 is 15.4 Å². The highest BCUT2D eigenvalue weighted by Gasteiger charge is 2.05. The lowest BCUT2D eigenvalue weighted by Gasteiger charge is -2.08. The van der Waals surface area contributed by atoms with Crippen LogP contribution in [0.2, 0.25) is 0 Å². The van der Waals surface area contributed by atoms with Gasteiger partial charge in [0.15, 0.2) is 0 Å². The van der Waals surface area contributed by atoms with Crippen LogP contribution in [-0.2, 0) is 11.3 Å². The molecule has 3 N–H and O–H groups in total. The van der Waals surface area contributed by atoms with Crippen molar-refractivity contribution in [3.63, 3.8) is 0 Å². The number of carbonyl (C=O) groups is 2. The maximum absolute atomic E-state index is 11.7. The second-order valence-electron chi connectivity index (χ2n) is 8.45. The first-order chi connectivity index (χ1) is 17.8. The molecule has 0 aliphatic rings. The number of anilines is 1. The van der Waals surface area contributed by atoms with Gasteiger partial charge >= 0.3 is 6.09 Å². The van der Waals surface area contributed by atoms with Crippen LogP contribution in [0.3, 0.4) is 0 Å². The molecule has 0 atom stereocenters. The lowest BCUT2D eigenvalue weighted by molar-refractivity contribution is 0.0953. The van der Waals surface area contributed by atoms with E-state index in [1.54, 1.807) is 31.2 Å². The van der Waals surface area contributed by atoms with Crippen LogP contribution in [0.25, 0.3) is 0 Å². The smallest absolute Gasteiger partial charge is 0.411 e. The highest BCUT2D eigenvalue weighted by molar-refractivity contribution is 5.94. The van der Waals surface area contributed by atoms with Crippen molar-refractivity contribution in [1.29, 1.82) is 0 Å². The van der Waals surface area contributed by atoms with Crippen molar-refractivity contribution >= 4 is 17.7 Å². The number of nitrogens with one attached hydrogen (secondary N) is 3. The molecule has 2 aromatic carbocycles. The summed E-state index contributed by atoms with van der Waals surface area (Å²) in [5.41, 5.74) is 4.00. The first-order valence-electron chi connectivity index (χ1n) is 12.4. The summed E-state index contributed by atoms with van der Waals surface area (Å²) in [5, 5.41) is 12.8. The number of carbonyl (C=O) groups excluding carboxylic acids is 2. The second-order valence-corrected chi connectivity index (χ2v) is 8.45. The summed E-state index contributed by atoms with van der Waals surface area (Å²) in [4.78, 5) is 34.8. The lowest BCUT2D eigenvalue weighted by Crippen LogP contribution is -2.25. The molecule has 0 spiro atoms. The number of hydrogen-bond acceptors (Lipinski definition) is 6. The Hall–Kier alpha value is -3.98. The zero-order chi connectivity index (χ0) is 27.0. The molecule has 0 unspecified atom stereocenters. The molecular weight excluding hydrogens is 470 g/mol. The molecule has 0 saturated carbocycles. The second kappa shape index (κ2) is 15.9. The van der Waals surface area contributed by atoms with E-state index < -0.39 is 6.09 Å². The third kappa shape index (κ3) is 11.1. The number of aryl methyl sites for hydroxylation is 2. The van der Waals surface area contributed by atoms with Crippen molar-refractivity contribution in [2.24, 2.45) is 0 Å². The maximum Gasteiger partial charge on any atom is 0.411 e. The Morgan fingerprint density at radius 3 is 2.41 bits per heavy atom. The average molecular weight is 508 g/mol. The summed E-state index contributed by atoms with van der Waals surface area (Å²) in [6.45, 7) is 7.99. The molecule has 1 heterocycles. The van der Waals surface area contributed by atoms with E-state index in [-0.39, 0.29) is 11.5 Å². The van der Waals surface area contributed by atoms with Crippen LogP contribution in [0, 0.1) is 13.8 Å². The van der Waals surface area contributed by atoms with Crippen LogP contribution in [0.15, 0.2) is 65.5 Å². The van der Waals surface area contributed by atoms with Crippen LogP contribution in [0.5, 0.6) is 0 Å². The number of rotatable bonds is 10. The summed E-state index contributed by atoms with van der Waals surface area (Å²) in [7, 11) is 1.94. The minimum absolute atomic E-state index is 0.0180. The summed E-state index contributed by atoms with van der Waals surface area (Å²) in [6, 6.07) is 18.0. The number of unbranched alkanes of at least 4 members (excludes halogenated alkanes) is 1. The summed E-state index contributed by atoms with van der Waals surface area (Å²) < 4.78 is 6.21. The third-order valence-electron chi connectivity index (χ3n) is 5.23. The standard InChI is InChI=1S/C15H17N3O3.C13H20N2O/c1-3-21-15(20)16-13-6-4-5-12(9-13)10-18-14(19)8-7-11(2)17-18;1-11-5-7-12(8-6-11)13(16)15-10-4-3-9-14-2/h4-9H,3,10H2,1-2H3,(H,16,20);5-8,14H,3-4,9-10H2,1-2H3,(H,15,16). The minimum Gasteiger partial charge on any atom is -0.450 e. The fourth-order valence-electron chi connectivity index (χ4n) is 3.31. The summed E-state index contributed by atoms with van der Waals surface area (Å²) >= 11 is 0. The van der Waals surface area contributed by atoms with Crippen molar-refractivity contribution in [3.8, 4) is 0 Å². The molecule has 0 aliphatic heterocycles. The molecule has 0 bridgehead atoms. The molecule has 0 saturated heterocycles. The highest BCUT2D eigenvalue weighted by atomic mass is 16.5. The Morgan fingerprint density at radius 2 is 1.70 bits per heavy atom. The van der Waals surface area contributed by atoms with Gasteiger partial charge in [-0.3, -0.25) is 14.9 Å². The van der Waals surface area contributed by atoms with Gasteiger partial charge in [0.1, 0.15) is 0 Å². The minimum atomic E-state index is -0.500. The molecule has 2 amide bonds. The number of hydrogen-bond donors (Lipinski definition) is 3. The first-order valence-corrected chi connectivity index (χ1v) is 12.4. The van der Waals surface area contributed by atoms with Gasteiger partial charge in [0.25, 0.3) is 11.5 Å². The number of aromatic nitrogens is 2. The van der Waals surface area contributed by atoms with E-state index in [2.05, 4.69) is 21.0 Å². The number of benzene rings is 2. The van der Waals surface area contributed by atoms with E-state index in [0.717, 1.165) is 42.8 Å². The third-order valence-corrected chi connectivity index (χ3v) is 5.23. The van der Waals surface area contributed by atoms with Crippen LogP contribution >= 0.6 is 0 Å². The lowest BCUT2D eigenvalue weighted by atomic mass is 10.1. The summed E-state index contributed by atoms with van der Waals surface area (Å²) in [5.74, 6) is 0.0180. The SMILES string of the molecule is CCOC(=O)Nc1cccc(Cn2nc(C)ccc2=O)c1.CNCCCCNC(=O)c1ccc(C)cc1. The normalized spacial score (nSPS) is 10.2. The van der Waals surface area contributed by atoms with E-state index in [9.17, 15) is 14.4 Å². The predicted molar refractivity (Wildman–Crippen MR) is 146 cm³/mol.